The van der Waals surface area contributed by atoms with Gasteiger partial charge in [-0.1, -0.05) is 42.5 Å². The molecule has 1 fully saturated rings. The minimum atomic E-state index is -0.244. The topological polar surface area (TPSA) is 15.7 Å². The van der Waals surface area contributed by atoms with Gasteiger partial charge >= 0.3 is 0 Å². The number of halogens is 2. The molecule has 3 aromatic rings. The molecule has 0 aromatic heterocycles. The van der Waals surface area contributed by atoms with Gasteiger partial charge < -0.3 is 4.74 Å². The summed E-state index contributed by atoms with van der Waals surface area (Å²) in [6.45, 7) is 4.62. The summed E-state index contributed by atoms with van der Waals surface area (Å²) >= 11 is 0. The summed E-state index contributed by atoms with van der Waals surface area (Å²) < 4.78 is 32.8. The van der Waals surface area contributed by atoms with Crippen molar-refractivity contribution >= 4 is 5.57 Å². The number of benzene rings is 3. The summed E-state index contributed by atoms with van der Waals surface area (Å²) in [5.74, 6) is 0.507. The summed E-state index contributed by atoms with van der Waals surface area (Å²) in [4.78, 5) is 4.91. The van der Waals surface area contributed by atoms with E-state index in [9.17, 15) is 8.78 Å². The molecule has 35 heavy (non-hydrogen) atoms. The quantitative estimate of drug-likeness (QED) is 0.429. The summed E-state index contributed by atoms with van der Waals surface area (Å²) in [7, 11) is 1.75. The fourth-order valence-corrected chi connectivity index (χ4v) is 5.47. The van der Waals surface area contributed by atoms with Crippen LogP contribution in [0.25, 0.3) is 5.57 Å². The first-order valence-corrected chi connectivity index (χ1v) is 12.4. The Morgan fingerprint density at radius 1 is 0.829 bits per heavy atom. The molecule has 0 unspecified atom stereocenters. The number of fused-ring (bicyclic) bond motifs is 1. The summed E-state index contributed by atoms with van der Waals surface area (Å²) in [5, 5.41) is 0. The third-order valence-electron chi connectivity index (χ3n) is 7.31. The van der Waals surface area contributed by atoms with E-state index in [0.717, 1.165) is 68.9 Å². The number of methoxy groups -OCH3 is 1. The van der Waals surface area contributed by atoms with Crippen molar-refractivity contribution in [1.82, 2.24) is 9.80 Å². The van der Waals surface area contributed by atoms with E-state index in [1.165, 1.54) is 41.0 Å². The van der Waals surface area contributed by atoms with Crippen molar-refractivity contribution in [3.05, 3.63) is 107 Å². The predicted octanol–water partition coefficient (Wildman–Crippen LogP) is 6.10. The zero-order valence-electron chi connectivity index (χ0n) is 20.2. The van der Waals surface area contributed by atoms with Crippen LogP contribution in [0.2, 0.25) is 0 Å². The van der Waals surface area contributed by atoms with Gasteiger partial charge in [-0.25, -0.2) is 8.78 Å². The third-order valence-corrected chi connectivity index (χ3v) is 7.31. The Morgan fingerprint density at radius 2 is 1.46 bits per heavy atom. The van der Waals surface area contributed by atoms with Gasteiger partial charge in [0.2, 0.25) is 0 Å². The molecule has 0 radical (unpaired) electrons. The molecule has 3 nitrogen and oxygen atoms in total. The minimum Gasteiger partial charge on any atom is -0.496 e. The highest BCUT2D eigenvalue weighted by Gasteiger charge is 2.26. The molecule has 0 atom stereocenters. The monoisotopic (exact) mass is 474 g/mol. The number of hydrogen-bond donors (Lipinski definition) is 0. The van der Waals surface area contributed by atoms with Gasteiger partial charge in [0.05, 0.1) is 13.2 Å². The first kappa shape index (κ1) is 23.7. The highest BCUT2D eigenvalue weighted by Crippen LogP contribution is 2.36. The van der Waals surface area contributed by atoms with Crippen LogP contribution in [0.5, 0.6) is 5.75 Å². The number of allylic oxidation sites excluding steroid dienone is 1. The molecule has 1 saturated heterocycles. The molecular weight excluding hydrogens is 442 g/mol. The third kappa shape index (κ3) is 5.31. The second kappa shape index (κ2) is 10.7. The maximum absolute atomic E-state index is 13.6. The smallest absolute Gasteiger partial charge is 0.123 e. The van der Waals surface area contributed by atoms with Crippen LogP contribution < -0.4 is 4.74 Å². The van der Waals surface area contributed by atoms with Crippen LogP contribution in [0.4, 0.5) is 8.78 Å². The maximum atomic E-state index is 13.6. The highest BCUT2D eigenvalue weighted by atomic mass is 19.1. The summed E-state index contributed by atoms with van der Waals surface area (Å²) in [6, 6.07) is 19.7. The maximum Gasteiger partial charge on any atom is 0.123 e. The number of ether oxygens (including phenoxy) is 1. The number of piperazine rings is 1. The molecule has 3 aromatic carbocycles. The van der Waals surface area contributed by atoms with Gasteiger partial charge in [-0.3, -0.25) is 9.80 Å². The van der Waals surface area contributed by atoms with E-state index in [0.29, 0.717) is 0 Å². The van der Waals surface area contributed by atoms with Crippen LogP contribution in [0.1, 0.15) is 41.1 Å². The second-order valence-electron chi connectivity index (χ2n) is 9.41. The van der Waals surface area contributed by atoms with Gasteiger partial charge in [-0.05, 0) is 71.9 Å². The van der Waals surface area contributed by atoms with E-state index in [4.69, 9.17) is 4.74 Å². The predicted molar refractivity (Wildman–Crippen MR) is 137 cm³/mol. The molecule has 0 saturated carbocycles. The van der Waals surface area contributed by atoms with Gasteiger partial charge in [0, 0.05) is 38.3 Å². The van der Waals surface area contributed by atoms with Crippen LogP contribution >= 0.6 is 0 Å². The van der Waals surface area contributed by atoms with Gasteiger partial charge in [0.15, 0.2) is 0 Å². The molecule has 0 bridgehead atoms. The average molecular weight is 475 g/mol. The zero-order valence-corrected chi connectivity index (χ0v) is 20.2. The van der Waals surface area contributed by atoms with Gasteiger partial charge in [0.1, 0.15) is 17.4 Å². The van der Waals surface area contributed by atoms with E-state index in [1.54, 1.807) is 7.11 Å². The lowest BCUT2D eigenvalue weighted by Gasteiger charge is -2.39. The molecule has 1 aliphatic heterocycles. The van der Waals surface area contributed by atoms with Crippen molar-refractivity contribution in [3.63, 3.8) is 0 Å². The SMILES string of the molecule is COc1cccc2c1CCC/C2=C/CN1CCN(C(c2ccc(F)cc2)c2ccc(F)cc2)CC1. The van der Waals surface area contributed by atoms with E-state index in [1.807, 2.05) is 24.3 Å². The van der Waals surface area contributed by atoms with Crippen molar-refractivity contribution in [2.45, 2.75) is 25.3 Å². The fourth-order valence-electron chi connectivity index (χ4n) is 5.47. The Labute approximate surface area is 206 Å². The molecule has 5 rings (SSSR count). The largest absolute Gasteiger partial charge is 0.496 e. The molecule has 0 spiro atoms. The van der Waals surface area contributed by atoms with Crippen molar-refractivity contribution in [1.29, 1.82) is 0 Å². The van der Waals surface area contributed by atoms with E-state index < -0.39 is 0 Å². The van der Waals surface area contributed by atoms with Crippen LogP contribution in [0.3, 0.4) is 0 Å². The Morgan fingerprint density at radius 3 is 2.06 bits per heavy atom. The zero-order chi connectivity index (χ0) is 24.2. The highest BCUT2D eigenvalue weighted by molar-refractivity contribution is 5.72. The van der Waals surface area contributed by atoms with Crippen LogP contribution in [0, 0.1) is 11.6 Å². The van der Waals surface area contributed by atoms with E-state index in [2.05, 4.69) is 34.1 Å². The van der Waals surface area contributed by atoms with Crippen LogP contribution in [-0.4, -0.2) is 49.6 Å². The molecule has 1 heterocycles. The van der Waals surface area contributed by atoms with Crippen molar-refractivity contribution < 1.29 is 13.5 Å². The Balaban J connectivity index is 1.28. The Hall–Kier alpha value is -3.02. The number of hydrogen-bond acceptors (Lipinski definition) is 3. The molecule has 2 aliphatic rings. The second-order valence-corrected chi connectivity index (χ2v) is 9.41. The molecule has 0 amide bonds. The van der Waals surface area contributed by atoms with Gasteiger partial charge in [-0.15, -0.1) is 0 Å². The summed E-state index contributed by atoms with van der Waals surface area (Å²) in [5.41, 5.74) is 6.14. The molecule has 182 valence electrons. The lowest BCUT2D eigenvalue weighted by Crippen LogP contribution is -2.47. The van der Waals surface area contributed by atoms with E-state index in [-0.39, 0.29) is 17.7 Å². The lowest BCUT2D eigenvalue weighted by atomic mass is 9.86. The fraction of sp³-hybridized carbons (Fsp3) is 0.333. The molecule has 5 heteroatoms. The van der Waals surface area contributed by atoms with Gasteiger partial charge in [-0.2, -0.15) is 0 Å². The van der Waals surface area contributed by atoms with Crippen molar-refractivity contribution in [2.24, 2.45) is 0 Å². The van der Waals surface area contributed by atoms with Crippen molar-refractivity contribution in [2.75, 3.05) is 39.8 Å². The molecular formula is C30H32F2N2O. The van der Waals surface area contributed by atoms with Crippen LogP contribution in [-0.2, 0) is 6.42 Å². The van der Waals surface area contributed by atoms with Crippen molar-refractivity contribution in [3.8, 4) is 5.75 Å². The van der Waals surface area contributed by atoms with E-state index >= 15 is 0 Å². The standard InChI is InChI=1S/C30H32F2N2O/c1-35-29-7-3-5-27-22(4-2-6-28(27)29)16-17-33-18-20-34(21-19-33)30(23-8-12-25(31)13-9-23)24-10-14-26(32)15-11-24/h3,5,7-16,30H,2,4,6,17-21H2,1H3/b22-16-. The first-order chi connectivity index (χ1) is 17.1. The number of rotatable bonds is 6. The number of nitrogens with zero attached hydrogens (tertiary/aromatic N) is 2. The lowest BCUT2D eigenvalue weighted by molar-refractivity contribution is 0.117. The average Bonchev–Trinajstić information content (AvgIpc) is 2.90. The Kier molecular flexibility index (Phi) is 7.26. The normalized spacial score (nSPS) is 18.1. The first-order valence-electron chi connectivity index (χ1n) is 12.4. The molecule has 1 aliphatic carbocycles. The Bertz CT molecular complexity index is 1120. The summed E-state index contributed by atoms with van der Waals surface area (Å²) in [6.07, 6.45) is 5.73. The minimum absolute atomic E-state index is 0.0191. The molecule has 0 N–H and O–H groups in total. The van der Waals surface area contributed by atoms with Crippen LogP contribution in [0.15, 0.2) is 72.8 Å². The van der Waals surface area contributed by atoms with Gasteiger partial charge in [0.25, 0.3) is 0 Å².